The second-order valence-electron chi connectivity index (χ2n) is 8.05. The molecule has 1 aromatic carbocycles. The van der Waals surface area contributed by atoms with E-state index < -0.39 is 10.0 Å². The second-order valence-corrected chi connectivity index (χ2v) is 9.73. The van der Waals surface area contributed by atoms with E-state index in [9.17, 15) is 13.2 Å². The molecule has 0 radical (unpaired) electrons. The normalized spacial score (nSPS) is 18.1. The van der Waals surface area contributed by atoms with Gasteiger partial charge in [-0.05, 0) is 49.8 Å². The first-order chi connectivity index (χ1) is 12.8. The third-order valence-electron chi connectivity index (χ3n) is 5.19. The molecule has 1 aromatic rings. The summed E-state index contributed by atoms with van der Waals surface area (Å²) in [5, 5.41) is 0. The number of carbonyl (C=O) groups excluding carboxylic acids is 1. The molecule has 1 N–H and O–H groups in total. The van der Waals surface area contributed by atoms with Gasteiger partial charge in [0.15, 0.2) is 0 Å². The lowest BCUT2D eigenvalue weighted by Gasteiger charge is -2.25. The Kier molecular flexibility index (Phi) is 6.11. The van der Waals surface area contributed by atoms with Crippen LogP contribution >= 0.6 is 0 Å². The number of sulfonamides is 1. The smallest absolute Gasteiger partial charge is 0.254 e. The second kappa shape index (κ2) is 8.19. The van der Waals surface area contributed by atoms with Gasteiger partial charge in [-0.3, -0.25) is 4.79 Å². The van der Waals surface area contributed by atoms with E-state index in [1.165, 1.54) is 13.2 Å². The predicted molar refractivity (Wildman–Crippen MR) is 104 cm³/mol. The van der Waals surface area contributed by atoms with Crippen LogP contribution in [0.3, 0.4) is 0 Å². The van der Waals surface area contributed by atoms with E-state index in [4.69, 9.17) is 4.74 Å². The summed E-state index contributed by atoms with van der Waals surface area (Å²) in [5.41, 5.74) is 0.398. The van der Waals surface area contributed by atoms with Crippen LogP contribution in [0.25, 0.3) is 0 Å². The molecule has 2 saturated carbocycles. The van der Waals surface area contributed by atoms with E-state index in [2.05, 4.69) is 18.6 Å². The number of ether oxygens (including phenoxy) is 1. The van der Waals surface area contributed by atoms with Gasteiger partial charge >= 0.3 is 0 Å². The van der Waals surface area contributed by atoms with Crippen molar-refractivity contribution in [3.05, 3.63) is 23.8 Å². The van der Waals surface area contributed by atoms with Crippen molar-refractivity contribution in [3.63, 3.8) is 0 Å². The van der Waals surface area contributed by atoms with Crippen molar-refractivity contribution in [3.8, 4) is 5.75 Å². The zero-order valence-electron chi connectivity index (χ0n) is 16.4. The van der Waals surface area contributed by atoms with Gasteiger partial charge in [0.2, 0.25) is 10.0 Å². The van der Waals surface area contributed by atoms with Gasteiger partial charge in [-0.15, -0.1) is 0 Å². The first-order valence-corrected chi connectivity index (χ1v) is 11.3. The third-order valence-corrected chi connectivity index (χ3v) is 6.73. The Morgan fingerprint density at radius 1 is 1.22 bits per heavy atom. The molecule has 0 bridgehead atoms. The molecule has 0 saturated heterocycles. The molecule has 0 aromatic heterocycles. The highest BCUT2D eigenvalue weighted by molar-refractivity contribution is 7.89. The number of hydrogen-bond donors (Lipinski definition) is 1. The molecule has 27 heavy (non-hydrogen) atoms. The minimum Gasteiger partial charge on any atom is -0.495 e. The highest BCUT2D eigenvalue weighted by Gasteiger charge is 2.34. The summed E-state index contributed by atoms with van der Waals surface area (Å²) in [7, 11) is -2.30. The molecule has 1 amide bonds. The van der Waals surface area contributed by atoms with Crippen LogP contribution in [-0.2, 0) is 10.0 Å². The van der Waals surface area contributed by atoms with Crippen LogP contribution in [0.1, 0.15) is 62.7 Å². The van der Waals surface area contributed by atoms with Crippen LogP contribution in [0.15, 0.2) is 23.1 Å². The van der Waals surface area contributed by atoms with Gasteiger partial charge in [-0.2, -0.15) is 0 Å². The van der Waals surface area contributed by atoms with Crippen molar-refractivity contribution >= 4 is 15.9 Å². The molecule has 0 spiro atoms. The van der Waals surface area contributed by atoms with Crippen LogP contribution < -0.4 is 9.46 Å². The maximum Gasteiger partial charge on any atom is 0.254 e. The molecule has 150 valence electrons. The Bertz CT molecular complexity index is 781. The average molecular weight is 395 g/mol. The molecule has 0 aliphatic heterocycles. The largest absolute Gasteiger partial charge is 0.495 e. The van der Waals surface area contributed by atoms with Crippen LogP contribution in [-0.4, -0.2) is 45.0 Å². The first-order valence-electron chi connectivity index (χ1n) is 9.83. The molecule has 2 aliphatic carbocycles. The molecular formula is C20H30N2O4S. The molecule has 2 aliphatic rings. The fourth-order valence-corrected chi connectivity index (χ4v) is 5.19. The summed E-state index contributed by atoms with van der Waals surface area (Å²) in [4.78, 5) is 15.0. The molecule has 0 unspecified atom stereocenters. The minimum absolute atomic E-state index is 0.0389. The van der Waals surface area contributed by atoms with Gasteiger partial charge < -0.3 is 9.64 Å². The van der Waals surface area contributed by atoms with Gasteiger partial charge in [-0.25, -0.2) is 13.1 Å². The van der Waals surface area contributed by atoms with E-state index >= 15 is 0 Å². The summed E-state index contributed by atoms with van der Waals surface area (Å²) >= 11 is 0. The molecule has 3 rings (SSSR count). The third kappa shape index (κ3) is 4.82. The highest BCUT2D eigenvalue weighted by atomic mass is 32.2. The number of hydrogen-bond acceptors (Lipinski definition) is 4. The molecular weight excluding hydrogens is 364 g/mol. The topological polar surface area (TPSA) is 75.7 Å². The lowest BCUT2D eigenvalue weighted by atomic mass is 10.1. The van der Waals surface area contributed by atoms with Crippen molar-refractivity contribution in [1.29, 1.82) is 0 Å². The summed E-state index contributed by atoms with van der Waals surface area (Å²) < 4.78 is 33.9. The molecule has 7 heteroatoms. The minimum atomic E-state index is -3.74. The quantitative estimate of drug-likeness (QED) is 0.735. The zero-order chi connectivity index (χ0) is 19.6. The monoisotopic (exact) mass is 394 g/mol. The number of nitrogens with zero attached hydrogens (tertiary/aromatic N) is 1. The molecule has 0 atom stereocenters. The maximum atomic E-state index is 13.1. The molecule has 6 nitrogen and oxygen atoms in total. The summed E-state index contributed by atoms with van der Waals surface area (Å²) in [5.74, 6) is 0.519. The van der Waals surface area contributed by atoms with Crippen molar-refractivity contribution in [2.45, 2.75) is 69.4 Å². The number of nitrogens with one attached hydrogen (secondary N) is 1. The Morgan fingerprint density at radius 3 is 2.44 bits per heavy atom. The van der Waals surface area contributed by atoms with Crippen molar-refractivity contribution in [2.75, 3.05) is 13.7 Å². The number of benzene rings is 1. The van der Waals surface area contributed by atoms with Crippen molar-refractivity contribution in [2.24, 2.45) is 5.92 Å². The number of carbonyl (C=O) groups is 1. The predicted octanol–water partition coefficient (Wildman–Crippen LogP) is 3.18. The molecule has 2 fully saturated rings. The summed E-state index contributed by atoms with van der Waals surface area (Å²) in [6, 6.07) is 4.94. The zero-order valence-corrected chi connectivity index (χ0v) is 17.2. The Balaban J connectivity index is 1.89. The molecule has 0 heterocycles. The number of rotatable bonds is 8. The Hall–Kier alpha value is -1.60. The summed E-state index contributed by atoms with van der Waals surface area (Å²) in [6.45, 7) is 4.84. The highest BCUT2D eigenvalue weighted by Crippen LogP contribution is 2.31. The van der Waals surface area contributed by atoms with Gasteiger partial charge in [0.05, 0.1) is 7.11 Å². The van der Waals surface area contributed by atoms with E-state index in [-0.39, 0.29) is 28.6 Å². The maximum absolute atomic E-state index is 13.1. The first kappa shape index (κ1) is 20.1. The fourth-order valence-electron chi connectivity index (χ4n) is 3.69. The fraction of sp³-hybridized carbons (Fsp3) is 0.650. The van der Waals surface area contributed by atoms with Crippen LogP contribution in [0.2, 0.25) is 0 Å². The van der Waals surface area contributed by atoms with E-state index in [1.807, 2.05) is 4.90 Å². The number of methoxy groups -OCH3 is 1. The Labute approximate surface area is 162 Å². The Morgan fingerprint density at radius 2 is 1.89 bits per heavy atom. The summed E-state index contributed by atoms with van der Waals surface area (Å²) in [6.07, 6.45) is 5.81. The lowest BCUT2D eigenvalue weighted by molar-refractivity contribution is 0.0722. The van der Waals surface area contributed by atoms with E-state index in [0.29, 0.717) is 18.0 Å². The van der Waals surface area contributed by atoms with E-state index in [0.717, 1.165) is 38.5 Å². The standard InChI is InChI=1S/C20H30N2O4S/c1-14(2)13-22(17-9-10-17)20(23)15-8-11-18(26-3)19(12-15)27(24,25)21-16-6-4-5-7-16/h8,11-12,14,16-17,21H,4-7,9-10,13H2,1-3H3. The van der Waals surface area contributed by atoms with E-state index in [1.54, 1.807) is 12.1 Å². The van der Waals surface area contributed by atoms with Gasteiger partial charge in [-0.1, -0.05) is 26.7 Å². The van der Waals surface area contributed by atoms with Gasteiger partial charge in [0.25, 0.3) is 5.91 Å². The lowest BCUT2D eigenvalue weighted by Crippen LogP contribution is -2.36. The SMILES string of the molecule is COc1ccc(C(=O)N(CC(C)C)C2CC2)cc1S(=O)(=O)NC1CCCC1. The van der Waals surface area contributed by atoms with Gasteiger partial charge in [0, 0.05) is 24.2 Å². The van der Waals surface area contributed by atoms with Crippen LogP contribution in [0.4, 0.5) is 0 Å². The van der Waals surface area contributed by atoms with Gasteiger partial charge in [0.1, 0.15) is 10.6 Å². The van der Waals surface area contributed by atoms with Crippen molar-refractivity contribution in [1.82, 2.24) is 9.62 Å². The number of amides is 1. The van der Waals surface area contributed by atoms with Crippen molar-refractivity contribution < 1.29 is 17.9 Å². The van der Waals surface area contributed by atoms with Crippen LogP contribution in [0, 0.1) is 5.92 Å². The average Bonchev–Trinajstić information content (AvgIpc) is 3.35. The van der Waals surface area contributed by atoms with Crippen LogP contribution in [0.5, 0.6) is 5.75 Å².